The average Bonchev–Trinajstić information content (AvgIpc) is 2.99. The minimum Gasteiger partial charge on any atom is -0.481 e. The maximum Gasteiger partial charge on any atom is 0.326 e. The van der Waals surface area contributed by atoms with E-state index in [4.69, 9.17) is 15.9 Å². The number of hydrogen-bond acceptors (Lipinski definition) is 11. The number of carbonyl (C=O) groups is 9. The highest BCUT2D eigenvalue weighted by Gasteiger charge is 2.34. The molecule has 8 atom stereocenters. The molecule has 0 radical (unpaired) electrons. The van der Waals surface area contributed by atoms with Crippen molar-refractivity contribution in [2.45, 2.75) is 115 Å². The van der Waals surface area contributed by atoms with Crippen molar-refractivity contribution in [3.8, 4) is 0 Å². The lowest BCUT2D eigenvalue weighted by molar-refractivity contribution is -0.143. The van der Waals surface area contributed by atoms with Crippen LogP contribution in [0.2, 0.25) is 0 Å². The van der Waals surface area contributed by atoms with E-state index < -0.39 is 140 Å². The molecular formula is C28H46N6O14. The zero-order valence-electron chi connectivity index (χ0n) is 27.1. The van der Waals surface area contributed by atoms with Crippen molar-refractivity contribution >= 4 is 53.4 Å². The number of nitrogens with two attached hydrogens (primary N) is 1. The number of aliphatic hydroxyl groups is 1. The number of nitrogens with one attached hydrogen (secondary N) is 5. The van der Waals surface area contributed by atoms with Gasteiger partial charge in [0.1, 0.15) is 36.3 Å². The summed E-state index contributed by atoms with van der Waals surface area (Å²) >= 11 is 0. The summed E-state index contributed by atoms with van der Waals surface area (Å²) in [5, 5.41) is 57.3. The van der Waals surface area contributed by atoms with Crippen LogP contribution in [0, 0.1) is 5.92 Å². The molecule has 0 unspecified atom stereocenters. The van der Waals surface area contributed by atoms with Crippen LogP contribution in [0.15, 0.2) is 0 Å². The quantitative estimate of drug-likeness (QED) is 0.0505. The Bertz CT molecular complexity index is 1200. The van der Waals surface area contributed by atoms with Gasteiger partial charge in [-0.2, -0.15) is 0 Å². The fraction of sp³-hybridized carbons (Fsp3) is 0.679. The van der Waals surface area contributed by atoms with E-state index >= 15 is 0 Å². The van der Waals surface area contributed by atoms with Gasteiger partial charge in [-0.3, -0.25) is 38.4 Å². The van der Waals surface area contributed by atoms with Crippen molar-refractivity contribution in [1.29, 1.82) is 0 Å². The third-order valence-corrected chi connectivity index (χ3v) is 7.19. The van der Waals surface area contributed by atoms with Crippen LogP contribution in [-0.2, 0) is 43.2 Å². The molecule has 0 saturated heterocycles. The van der Waals surface area contributed by atoms with Gasteiger partial charge in [0.25, 0.3) is 0 Å². The highest BCUT2D eigenvalue weighted by Crippen LogP contribution is 2.11. The molecule has 0 aliphatic heterocycles. The molecule has 0 heterocycles. The zero-order valence-corrected chi connectivity index (χ0v) is 27.1. The van der Waals surface area contributed by atoms with Crippen LogP contribution in [0.1, 0.15) is 72.6 Å². The molecule has 20 nitrogen and oxygen atoms in total. The van der Waals surface area contributed by atoms with E-state index in [0.29, 0.717) is 6.42 Å². The van der Waals surface area contributed by atoms with E-state index in [2.05, 4.69) is 26.6 Å². The predicted molar refractivity (Wildman–Crippen MR) is 163 cm³/mol. The highest BCUT2D eigenvalue weighted by atomic mass is 16.4. The summed E-state index contributed by atoms with van der Waals surface area (Å²) in [5.74, 6) is -11.1. The first kappa shape index (κ1) is 43.1. The lowest BCUT2D eigenvalue weighted by Gasteiger charge is -2.28. The second-order valence-electron chi connectivity index (χ2n) is 11.2. The van der Waals surface area contributed by atoms with Gasteiger partial charge in [-0.15, -0.1) is 0 Å². The molecule has 12 N–H and O–H groups in total. The van der Waals surface area contributed by atoms with Gasteiger partial charge in [0, 0.05) is 19.3 Å². The van der Waals surface area contributed by atoms with Crippen LogP contribution in [0.3, 0.4) is 0 Å². The molecule has 0 aromatic carbocycles. The zero-order chi connectivity index (χ0) is 37.3. The van der Waals surface area contributed by atoms with Gasteiger partial charge in [0.15, 0.2) is 0 Å². The van der Waals surface area contributed by atoms with Gasteiger partial charge in [-0.05, 0) is 39.0 Å². The fourth-order valence-corrected chi connectivity index (χ4v) is 3.98. The van der Waals surface area contributed by atoms with Crippen LogP contribution in [0.5, 0.6) is 0 Å². The molecule has 0 aromatic rings. The summed E-state index contributed by atoms with van der Waals surface area (Å²) < 4.78 is 0. The standard InChI is InChI=1S/C28H46N6O14/c1-5-12(2)22(27(46)30-13(3)23(42)33-17(28(47)48)8-11-20(40)41)34-25(44)16(7-10-19(38)39)31-24(43)15(6-9-18(36)37)32-26(45)21(29)14(4)35/h12-17,21-22,35H,5-11,29H2,1-4H3,(H,30,46)(H,31,43)(H,32,45)(H,33,42)(H,34,44)(H,36,37)(H,38,39)(H,40,41)(H,47,48)/t12-,13+,14-,15+,16+,17+,21+,22+/m1/s1. The number of carboxylic acid groups (broad SMARTS) is 4. The Kier molecular flexibility index (Phi) is 19.0. The summed E-state index contributed by atoms with van der Waals surface area (Å²) in [5.41, 5.74) is 5.58. The van der Waals surface area contributed by atoms with Crippen molar-refractivity contribution in [3.63, 3.8) is 0 Å². The maximum atomic E-state index is 13.4. The van der Waals surface area contributed by atoms with Crippen LogP contribution in [-0.4, -0.2) is 121 Å². The Morgan fingerprint density at radius 2 is 0.958 bits per heavy atom. The largest absolute Gasteiger partial charge is 0.481 e. The lowest BCUT2D eigenvalue weighted by atomic mass is 9.97. The summed E-state index contributed by atoms with van der Waals surface area (Å²) in [6.45, 7) is 5.65. The first-order chi connectivity index (χ1) is 22.2. The molecule has 272 valence electrons. The van der Waals surface area contributed by atoms with E-state index in [1.54, 1.807) is 13.8 Å². The Balaban J connectivity index is 6.00. The smallest absolute Gasteiger partial charge is 0.326 e. The second-order valence-corrected chi connectivity index (χ2v) is 11.2. The average molecular weight is 691 g/mol. The molecule has 0 bridgehead atoms. The fourth-order valence-electron chi connectivity index (χ4n) is 3.98. The van der Waals surface area contributed by atoms with Crippen molar-refractivity contribution in [2.75, 3.05) is 0 Å². The predicted octanol–water partition coefficient (Wildman–Crippen LogP) is -3.14. The molecular weight excluding hydrogens is 644 g/mol. The van der Waals surface area contributed by atoms with E-state index in [-0.39, 0.29) is 0 Å². The number of carboxylic acids is 4. The molecule has 0 aliphatic rings. The highest BCUT2D eigenvalue weighted by molar-refractivity contribution is 5.96. The number of amides is 5. The van der Waals surface area contributed by atoms with Crippen LogP contribution < -0.4 is 32.3 Å². The minimum atomic E-state index is -1.62. The van der Waals surface area contributed by atoms with Gasteiger partial charge < -0.3 is 57.9 Å². The summed E-state index contributed by atoms with van der Waals surface area (Å²) in [4.78, 5) is 109. The second kappa shape index (κ2) is 21.1. The molecule has 20 heteroatoms. The molecule has 0 saturated carbocycles. The Morgan fingerprint density at radius 1 is 0.562 bits per heavy atom. The molecule has 0 rings (SSSR count). The van der Waals surface area contributed by atoms with Crippen molar-refractivity contribution in [1.82, 2.24) is 26.6 Å². The number of aliphatic hydroxyl groups excluding tert-OH is 1. The maximum absolute atomic E-state index is 13.4. The Labute approximate surface area is 275 Å². The normalized spacial score (nSPS) is 15.9. The monoisotopic (exact) mass is 690 g/mol. The van der Waals surface area contributed by atoms with Gasteiger partial charge >= 0.3 is 23.9 Å². The van der Waals surface area contributed by atoms with Gasteiger partial charge in [-0.1, -0.05) is 20.3 Å². The van der Waals surface area contributed by atoms with Crippen molar-refractivity contribution in [2.24, 2.45) is 11.7 Å². The number of rotatable bonds is 23. The molecule has 0 aromatic heterocycles. The van der Waals surface area contributed by atoms with Crippen LogP contribution in [0.4, 0.5) is 0 Å². The topological polar surface area (TPSA) is 341 Å². The van der Waals surface area contributed by atoms with Gasteiger partial charge in [0.2, 0.25) is 29.5 Å². The third kappa shape index (κ3) is 16.1. The minimum absolute atomic E-state index is 0.300. The molecule has 48 heavy (non-hydrogen) atoms. The molecule has 0 fully saturated rings. The summed E-state index contributed by atoms with van der Waals surface area (Å²) in [7, 11) is 0. The number of carbonyl (C=O) groups excluding carboxylic acids is 5. The van der Waals surface area contributed by atoms with Crippen LogP contribution in [0.25, 0.3) is 0 Å². The molecule has 5 amide bonds. The summed E-state index contributed by atoms with van der Waals surface area (Å²) in [6.07, 6.45) is -4.24. The van der Waals surface area contributed by atoms with E-state index in [1.165, 1.54) is 13.8 Å². The van der Waals surface area contributed by atoms with E-state index in [1.807, 2.05) is 0 Å². The third-order valence-electron chi connectivity index (χ3n) is 7.19. The lowest BCUT2D eigenvalue weighted by Crippen LogP contribution is -2.60. The van der Waals surface area contributed by atoms with E-state index in [9.17, 15) is 58.5 Å². The van der Waals surface area contributed by atoms with Gasteiger partial charge in [-0.25, -0.2) is 4.79 Å². The van der Waals surface area contributed by atoms with Gasteiger partial charge in [0.05, 0.1) is 6.10 Å². The summed E-state index contributed by atoms with van der Waals surface area (Å²) in [6, 6.07) is -8.97. The van der Waals surface area contributed by atoms with Crippen molar-refractivity contribution < 1.29 is 68.7 Å². The Morgan fingerprint density at radius 3 is 1.35 bits per heavy atom. The first-order valence-corrected chi connectivity index (χ1v) is 15.0. The van der Waals surface area contributed by atoms with Crippen LogP contribution >= 0.6 is 0 Å². The van der Waals surface area contributed by atoms with Crippen molar-refractivity contribution in [3.05, 3.63) is 0 Å². The first-order valence-electron chi connectivity index (χ1n) is 15.0. The SMILES string of the molecule is CC[C@@H](C)[C@H](NC(=O)[C@H](CCC(=O)O)NC(=O)[C@H](CCC(=O)O)NC(=O)[C@@H](N)[C@@H](C)O)C(=O)N[C@@H](C)C(=O)N[C@@H](CCC(=O)O)C(=O)O. The Hall–Kier alpha value is -4.85. The van der Waals surface area contributed by atoms with E-state index in [0.717, 1.165) is 0 Å². The molecule has 0 aliphatic carbocycles. The number of aliphatic carboxylic acids is 4. The molecule has 0 spiro atoms. The number of hydrogen-bond donors (Lipinski definition) is 11.